The molecule has 0 amide bonds. The van der Waals surface area contributed by atoms with Gasteiger partial charge in [0.15, 0.2) is 0 Å². The number of nitrogens with zero attached hydrogens (tertiary/aromatic N) is 3. The summed E-state index contributed by atoms with van der Waals surface area (Å²) < 4.78 is 12.6. The van der Waals surface area contributed by atoms with Gasteiger partial charge in [-0.05, 0) is 6.07 Å². The fraction of sp³-hybridized carbons (Fsp3) is 0.455. The molecule has 0 spiro atoms. The van der Waals surface area contributed by atoms with E-state index >= 15 is 0 Å². The molecule has 0 saturated heterocycles. The molecule has 3 rings (SSSR count). The van der Waals surface area contributed by atoms with Crippen molar-refractivity contribution in [1.82, 2.24) is 20.3 Å². The van der Waals surface area contributed by atoms with Crippen molar-refractivity contribution in [3.05, 3.63) is 36.0 Å². The van der Waals surface area contributed by atoms with Gasteiger partial charge in [-0.2, -0.15) is 0 Å². The summed E-state index contributed by atoms with van der Waals surface area (Å²) in [5.74, 6) is 0. The second-order valence-electron chi connectivity index (χ2n) is 4.10. The van der Waals surface area contributed by atoms with Gasteiger partial charge in [0.2, 0.25) is 0 Å². The average molecular weight is 234 g/mol. The summed E-state index contributed by atoms with van der Waals surface area (Å²) in [7, 11) is 0. The molecule has 1 atom stereocenters. The lowest BCUT2D eigenvalue weighted by molar-refractivity contribution is 0.000975. The molecule has 0 unspecified atom stereocenters. The van der Waals surface area contributed by atoms with Gasteiger partial charge >= 0.3 is 0 Å². The summed E-state index contributed by atoms with van der Waals surface area (Å²) in [6.07, 6.45) is 5.31. The fourth-order valence-electron chi connectivity index (χ4n) is 1.89. The number of ether oxygens (including phenoxy) is 1. The molecule has 6 heteroatoms. The minimum atomic E-state index is 0.149. The molecule has 0 bridgehead atoms. The van der Waals surface area contributed by atoms with Crippen molar-refractivity contribution in [3.8, 4) is 0 Å². The highest BCUT2D eigenvalue weighted by Gasteiger charge is 2.19. The molecular formula is C11H14N4O2. The van der Waals surface area contributed by atoms with Crippen molar-refractivity contribution in [1.29, 1.82) is 0 Å². The Hall–Kier alpha value is -1.66. The summed E-state index contributed by atoms with van der Waals surface area (Å²) in [5, 5.41) is 11.2. The lowest BCUT2D eigenvalue weighted by Crippen LogP contribution is -2.36. The van der Waals surface area contributed by atoms with E-state index in [0.29, 0.717) is 6.61 Å². The topological polar surface area (TPSA) is 65.1 Å². The lowest BCUT2D eigenvalue weighted by atomic mass is 10.2. The SMILES string of the molecule is c1cc(CNC[C@H]2Cn3nncc3CO2)co1. The van der Waals surface area contributed by atoms with Crippen LogP contribution >= 0.6 is 0 Å². The van der Waals surface area contributed by atoms with E-state index in [9.17, 15) is 0 Å². The molecule has 2 aromatic rings. The zero-order valence-corrected chi connectivity index (χ0v) is 9.37. The van der Waals surface area contributed by atoms with Crippen LogP contribution in [0.3, 0.4) is 0 Å². The summed E-state index contributed by atoms with van der Waals surface area (Å²) >= 11 is 0. The molecular weight excluding hydrogens is 220 g/mol. The standard InChI is InChI=1S/C11H14N4O2/c1-2-16-7-9(1)3-12-5-11-6-15-10(8-17-11)4-13-14-15/h1-2,4,7,11-12H,3,5-6,8H2/t11-/m0/s1. The molecule has 6 nitrogen and oxygen atoms in total. The summed E-state index contributed by atoms with van der Waals surface area (Å²) in [6, 6.07) is 1.95. The molecule has 0 aliphatic carbocycles. The van der Waals surface area contributed by atoms with Crippen LogP contribution in [0.5, 0.6) is 0 Å². The van der Waals surface area contributed by atoms with Gasteiger partial charge in [-0.15, -0.1) is 5.10 Å². The second-order valence-corrected chi connectivity index (χ2v) is 4.10. The molecule has 1 aliphatic rings. The summed E-state index contributed by atoms with van der Waals surface area (Å²) in [6.45, 7) is 2.93. The maximum atomic E-state index is 5.70. The van der Waals surface area contributed by atoms with Crippen LogP contribution in [-0.4, -0.2) is 27.6 Å². The molecule has 0 aromatic carbocycles. The largest absolute Gasteiger partial charge is 0.472 e. The Kier molecular flexibility index (Phi) is 2.89. The third-order valence-corrected chi connectivity index (χ3v) is 2.82. The number of fused-ring (bicyclic) bond motifs is 1. The number of hydrogen-bond acceptors (Lipinski definition) is 5. The first-order chi connectivity index (χ1) is 8.42. The highest BCUT2D eigenvalue weighted by atomic mass is 16.5. The monoisotopic (exact) mass is 234 g/mol. The molecule has 90 valence electrons. The van der Waals surface area contributed by atoms with Gasteiger partial charge in [0.1, 0.15) is 0 Å². The van der Waals surface area contributed by atoms with E-state index in [0.717, 1.165) is 30.9 Å². The third-order valence-electron chi connectivity index (χ3n) is 2.82. The first kappa shape index (κ1) is 10.5. The van der Waals surface area contributed by atoms with Gasteiger partial charge in [-0.3, -0.25) is 0 Å². The van der Waals surface area contributed by atoms with Crippen LogP contribution in [-0.2, 0) is 24.4 Å². The molecule has 0 saturated carbocycles. The average Bonchev–Trinajstić information content (AvgIpc) is 2.98. The fourth-order valence-corrected chi connectivity index (χ4v) is 1.89. The van der Waals surface area contributed by atoms with Crippen LogP contribution in [0.4, 0.5) is 0 Å². The predicted octanol–water partition coefficient (Wildman–Crippen LogP) is 0.560. The Morgan fingerprint density at radius 2 is 2.53 bits per heavy atom. The van der Waals surface area contributed by atoms with Gasteiger partial charge < -0.3 is 14.5 Å². The Morgan fingerprint density at radius 3 is 3.41 bits per heavy atom. The van der Waals surface area contributed by atoms with E-state index in [1.165, 1.54) is 0 Å². The Morgan fingerprint density at radius 1 is 1.53 bits per heavy atom. The molecule has 1 N–H and O–H groups in total. The maximum absolute atomic E-state index is 5.70. The number of nitrogens with one attached hydrogen (secondary N) is 1. The van der Waals surface area contributed by atoms with Crippen LogP contribution in [0.25, 0.3) is 0 Å². The zero-order valence-electron chi connectivity index (χ0n) is 9.37. The van der Waals surface area contributed by atoms with E-state index in [4.69, 9.17) is 9.15 Å². The van der Waals surface area contributed by atoms with E-state index in [1.807, 2.05) is 10.7 Å². The summed E-state index contributed by atoms with van der Waals surface area (Å²) in [4.78, 5) is 0. The lowest BCUT2D eigenvalue weighted by Gasteiger charge is -2.23. The highest BCUT2D eigenvalue weighted by Crippen LogP contribution is 2.10. The van der Waals surface area contributed by atoms with Crippen LogP contribution in [0.2, 0.25) is 0 Å². The predicted molar refractivity (Wildman–Crippen MR) is 59.0 cm³/mol. The Balaban J connectivity index is 1.48. The van der Waals surface area contributed by atoms with Crippen LogP contribution in [0, 0.1) is 0 Å². The number of hydrogen-bond donors (Lipinski definition) is 1. The van der Waals surface area contributed by atoms with Crippen molar-refractivity contribution < 1.29 is 9.15 Å². The molecule has 17 heavy (non-hydrogen) atoms. The van der Waals surface area contributed by atoms with E-state index in [-0.39, 0.29) is 6.10 Å². The van der Waals surface area contributed by atoms with Crippen LogP contribution in [0.15, 0.2) is 29.2 Å². The zero-order chi connectivity index (χ0) is 11.5. The Bertz CT molecular complexity index is 466. The van der Waals surface area contributed by atoms with Crippen LogP contribution < -0.4 is 5.32 Å². The van der Waals surface area contributed by atoms with Gasteiger partial charge in [-0.25, -0.2) is 4.68 Å². The minimum absolute atomic E-state index is 0.149. The molecule has 2 aromatic heterocycles. The van der Waals surface area contributed by atoms with Crippen molar-refractivity contribution in [2.24, 2.45) is 0 Å². The van der Waals surface area contributed by atoms with E-state index in [2.05, 4.69) is 15.6 Å². The smallest absolute Gasteiger partial charge is 0.0947 e. The Labute approximate surface area is 98.6 Å². The molecule has 0 radical (unpaired) electrons. The minimum Gasteiger partial charge on any atom is -0.472 e. The van der Waals surface area contributed by atoms with Crippen molar-refractivity contribution in [2.75, 3.05) is 6.54 Å². The van der Waals surface area contributed by atoms with Crippen molar-refractivity contribution in [2.45, 2.75) is 25.8 Å². The third kappa shape index (κ3) is 2.37. The molecule has 1 aliphatic heterocycles. The van der Waals surface area contributed by atoms with Crippen molar-refractivity contribution in [3.63, 3.8) is 0 Å². The van der Waals surface area contributed by atoms with Crippen LogP contribution in [0.1, 0.15) is 11.3 Å². The first-order valence-electron chi connectivity index (χ1n) is 5.62. The maximum Gasteiger partial charge on any atom is 0.0947 e. The number of furan rings is 1. The van der Waals surface area contributed by atoms with E-state index in [1.54, 1.807) is 18.7 Å². The second kappa shape index (κ2) is 4.68. The number of aromatic nitrogens is 3. The quantitative estimate of drug-likeness (QED) is 0.837. The highest BCUT2D eigenvalue weighted by molar-refractivity contribution is 5.04. The van der Waals surface area contributed by atoms with Crippen molar-refractivity contribution >= 4 is 0 Å². The number of rotatable bonds is 4. The van der Waals surface area contributed by atoms with Gasteiger partial charge in [-0.1, -0.05) is 5.21 Å². The normalized spacial score (nSPS) is 19.2. The van der Waals surface area contributed by atoms with Gasteiger partial charge in [0, 0.05) is 18.7 Å². The van der Waals surface area contributed by atoms with Gasteiger partial charge in [0.05, 0.1) is 43.7 Å². The molecule has 0 fully saturated rings. The van der Waals surface area contributed by atoms with Gasteiger partial charge in [0.25, 0.3) is 0 Å². The summed E-state index contributed by atoms with van der Waals surface area (Å²) in [5.41, 5.74) is 2.18. The first-order valence-corrected chi connectivity index (χ1v) is 5.62. The van der Waals surface area contributed by atoms with E-state index < -0.39 is 0 Å². The molecule has 3 heterocycles.